The van der Waals surface area contributed by atoms with E-state index in [0.29, 0.717) is 0 Å². The minimum absolute atomic E-state index is 0.201. The van der Waals surface area contributed by atoms with Gasteiger partial charge in [0.2, 0.25) is 0 Å². The molecule has 0 saturated heterocycles. The van der Waals surface area contributed by atoms with Gasteiger partial charge < -0.3 is 0 Å². The van der Waals surface area contributed by atoms with Crippen LogP contribution >= 0.6 is 47.8 Å². The molecular formula is C6H11Br3Si. The SMILES string of the molecule is C[Si](C)(C)C=CC(Br)(Br)Br. The Morgan fingerprint density at radius 1 is 1.10 bits per heavy atom. The molecule has 0 N–H and O–H groups in total. The number of hydrogen-bond donors (Lipinski definition) is 0. The molecule has 0 fully saturated rings. The van der Waals surface area contributed by atoms with Gasteiger partial charge in [0.15, 0.2) is 2.14 Å². The Hall–Kier alpha value is 1.40. The van der Waals surface area contributed by atoms with Crippen molar-refractivity contribution in [2.24, 2.45) is 0 Å². The summed E-state index contributed by atoms with van der Waals surface area (Å²) in [6, 6.07) is 0. The summed E-state index contributed by atoms with van der Waals surface area (Å²) in [4.78, 5) is 0. The molecule has 4 heteroatoms. The molecule has 10 heavy (non-hydrogen) atoms. The van der Waals surface area contributed by atoms with Crippen LogP contribution in [0.2, 0.25) is 19.6 Å². The molecule has 0 aliphatic rings. The Labute approximate surface area is 88.9 Å². The smallest absolute Gasteiger partial charge is 0.0959 e. The van der Waals surface area contributed by atoms with Crippen molar-refractivity contribution < 1.29 is 0 Å². The lowest BCUT2D eigenvalue weighted by Gasteiger charge is -2.11. The quantitative estimate of drug-likeness (QED) is 0.489. The predicted molar refractivity (Wildman–Crippen MR) is 62.0 cm³/mol. The molecule has 0 amide bonds. The van der Waals surface area contributed by atoms with Crippen LogP contribution in [0.1, 0.15) is 0 Å². The van der Waals surface area contributed by atoms with E-state index in [1.165, 1.54) is 0 Å². The van der Waals surface area contributed by atoms with Crippen LogP contribution in [0.25, 0.3) is 0 Å². The standard InChI is InChI=1S/C6H11Br3Si/c1-10(2,3)5-4-6(7,8)9/h4-5H,1-3H3. The molecule has 0 heterocycles. The number of halogens is 3. The molecule has 60 valence electrons. The van der Waals surface area contributed by atoms with E-state index in [-0.39, 0.29) is 2.14 Å². The van der Waals surface area contributed by atoms with Crippen LogP contribution in [0.3, 0.4) is 0 Å². The molecule has 0 aromatic carbocycles. The fourth-order valence-corrected chi connectivity index (χ4v) is 2.22. The molecule has 0 bridgehead atoms. The molecule has 0 spiro atoms. The molecule has 0 aliphatic heterocycles. The van der Waals surface area contributed by atoms with E-state index in [0.717, 1.165) is 0 Å². The van der Waals surface area contributed by atoms with Gasteiger partial charge in [-0.25, -0.2) is 0 Å². The molecule has 0 radical (unpaired) electrons. The first-order valence-corrected chi connectivity index (χ1v) is 8.93. The lowest BCUT2D eigenvalue weighted by Crippen LogP contribution is -2.16. The summed E-state index contributed by atoms with van der Waals surface area (Å²) in [5.74, 6) is 0. The average molecular weight is 351 g/mol. The van der Waals surface area contributed by atoms with Gasteiger partial charge in [-0.05, 0) is 0 Å². The van der Waals surface area contributed by atoms with Crippen LogP contribution in [0.15, 0.2) is 11.8 Å². The van der Waals surface area contributed by atoms with Gasteiger partial charge in [-0.15, -0.1) is 0 Å². The summed E-state index contributed by atoms with van der Waals surface area (Å²) in [5, 5.41) is 0. The highest BCUT2D eigenvalue weighted by molar-refractivity contribution is 9.39. The zero-order valence-electron chi connectivity index (χ0n) is 6.29. The molecule has 0 rings (SSSR count). The number of rotatable bonds is 1. The third kappa shape index (κ3) is 9.40. The van der Waals surface area contributed by atoms with Crippen molar-refractivity contribution in [3.8, 4) is 0 Å². The minimum Gasteiger partial charge on any atom is -0.0959 e. The van der Waals surface area contributed by atoms with Crippen LogP contribution in [0.4, 0.5) is 0 Å². The first kappa shape index (κ1) is 11.4. The second-order valence-electron chi connectivity index (χ2n) is 3.24. The molecule has 0 nitrogen and oxygen atoms in total. The highest BCUT2D eigenvalue weighted by Gasteiger charge is 2.15. The summed E-state index contributed by atoms with van der Waals surface area (Å²) in [7, 11) is -1.04. The zero-order chi connectivity index (χ0) is 8.41. The van der Waals surface area contributed by atoms with E-state index in [1.807, 2.05) is 0 Å². The molecule has 0 aromatic rings. The molecule has 0 aromatic heterocycles. The first-order valence-electron chi connectivity index (χ1n) is 2.98. The molecule has 0 aliphatic carbocycles. The molecule has 0 saturated carbocycles. The third-order valence-electron chi connectivity index (χ3n) is 0.772. The van der Waals surface area contributed by atoms with Gasteiger partial charge >= 0.3 is 0 Å². The second-order valence-corrected chi connectivity index (χ2v) is 15.3. The van der Waals surface area contributed by atoms with Crippen LogP contribution in [0, 0.1) is 0 Å². The summed E-state index contributed by atoms with van der Waals surface area (Å²) in [6.45, 7) is 6.88. The maximum absolute atomic E-state index is 3.40. The maximum Gasteiger partial charge on any atom is 0.152 e. The predicted octanol–water partition coefficient (Wildman–Crippen LogP) is 4.26. The van der Waals surface area contributed by atoms with E-state index in [1.54, 1.807) is 0 Å². The maximum atomic E-state index is 3.40. The van der Waals surface area contributed by atoms with Crippen LogP contribution in [0.5, 0.6) is 0 Å². The molecule has 0 unspecified atom stereocenters. The van der Waals surface area contributed by atoms with Crippen LogP contribution < -0.4 is 0 Å². The highest BCUT2D eigenvalue weighted by Crippen LogP contribution is 2.35. The van der Waals surface area contributed by atoms with E-state index in [4.69, 9.17) is 0 Å². The summed E-state index contributed by atoms with van der Waals surface area (Å²) in [5.41, 5.74) is 2.27. The monoisotopic (exact) mass is 348 g/mol. The summed E-state index contributed by atoms with van der Waals surface area (Å²) in [6.07, 6.45) is 2.08. The zero-order valence-corrected chi connectivity index (χ0v) is 12.0. The van der Waals surface area contributed by atoms with Gasteiger partial charge in [-0.1, -0.05) is 79.2 Å². The van der Waals surface area contributed by atoms with Gasteiger partial charge in [0.1, 0.15) is 0 Å². The van der Waals surface area contributed by atoms with Crippen molar-refractivity contribution in [3.63, 3.8) is 0 Å². The Balaban J connectivity index is 4.01. The lowest BCUT2D eigenvalue weighted by atomic mass is 10.8. The van der Waals surface area contributed by atoms with Crippen molar-refractivity contribution >= 4 is 55.9 Å². The summed E-state index contributed by atoms with van der Waals surface area (Å²) >= 11 is 10.2. The topological polar surface area (TPSA) is 0 Å². The van der Waals surface area contributed by atoms with Gasteiger partial charge in [-0.2, -0.15) is 0 Å². The van der Waals surface area contributed by atoms with Crippen molar-refractivity contribution in [1.82, 2.24) is 0 Å². The fraction of sp³-hybridized carbons (Fsp3) is 0.667. The Morgan fingerprint density at radius 3 is 1.60 bits per heavy atom. The largest absolute Gasteiger partial charge is 0.152 e. The first-order chi connectivity index (χ1) is 4.21. The Kier molecular flexibility index (Phi) is 4.41. The minimum atomic E-state index is -1.04. The average Bonchev–Trinajstić information content (AvgIpc) is 1.57. The van der Waals surface area contributed by atoms with Crippen molar-refractivity contribution in [3.05, 3.63) is 11.8 Å². The lowest BCUT2D eigenvalue weighted by molar-refractivity contribution is 1.63. The Bertz CT molecular complexity index is 113. The normalized spacial score (nSPS) is 14.6. The van der Waals surface area contributed by atoms with E-state index >= 15 is 0 Å². The third-order valence-corrected chi connectivity index (χ3v) is 2.73. The van der Waals surface area contributed by atoms with Crippen molar-refractivity contribution in [2.45, 2.75) is 21.8 Å². The second kappa shape index (κ2) is 3.87. The van der Waals surface area contributed by atoms with Crippen LogP contribution in [-0.2, 0) is 0 Å². The van der Waals surface area contributed by atoms with Crippen molar-refractivity contribution in [2.75, 3.05) is 0 Å². The van der Waals surface area contributed by atoms with Crippen LogP contribution in [-0.4, -0.2) is 10.2 Å². The van der Waals surface area contributed by atoms with E-state index < -0.39 is 8.07 Å². The van der Waals surface area contributed by atoms with Gasteiger partial charge in [-0.3, -0.25) is 0 Å². The van der Waals surface area contributed by atoms with Crippen molar-refractivity contribution in [1.29, 1.82) is 0 Å². The van der Waals surface area contributed by atoms with Gasteiger partial charge in [0.05, 0.1) is 8.07 Å². The van der Waals surface area contributed by atoms with E-state index in [9.17, 15) is 0 Å². The van der Waals surface area contributed by atoms with Gasteiger partial charge in [0, 0.05) is 0 Å². The van der Waals surface area contributed by atoms with E-state index in [2.05, 4.69) is 79.2 Å². The number of hydrogen-bond acceptors (Lipinski definition) is 0. The number of allylic oxidation sites excluding steroid dienone is 1. The summed E-state index contributed by atoms with van der Waals surface area (Å²) < 4.78 is -0.201. The number of alkyl halides is 3. The highest BCUT2D eigenvalue weighted by atomic mass is 80.0. The molecule has 0 atom stereocenters. The Morgan fingerprint density at radius 2 is 1.50 bits per heavy atom. The molecular weight excluding hydrogens is 340 g/mol. The fourth-order valence-electron chi connectivity index (χ4n) is 0.344. The van der Waals surface area contributed by atoms with Gasteiger partial charge in [0.25, 0.3) is 0 Å².